The number of carbonyl (C=O) groups excluding carboxylic acids is 2. The SMILES string of the molecule is COc1cccc(N(CC(=O)N(Cc2ccccc2Cl)C(C)C(=O)NC(C)(C)C)S(=O)(=O)c2ccccc2)c1. The third kappa shape index (κ3) is 7.74. The summed E-state index contributed by atoms with van der Waals surface area (Å²) in [5, 5.41) is 3.33. The van der Waals surface area contributed by atoms with Crippen LogP contribution in [0.15, 0.2) is 83.8 Å². The average Bonchev–Trinajstić information content (AvgIpc) is 2.90. The Morgan fingerprint density at radius 1 is 0.974 bits per heavy atom. The second kappa shape index (κ2) is 12.5. The van der Waals surface area contributed by atoms with Crippen molar-refractivity contribution in [3.05, 3.63) is 89.4 Å². The molecule has 8 nitrogen and oxygen atoms in total. The van der Waals surface area contributed by atoms with Crippen LogP contribution in [0.25, 0.3) is 0 Å². The second-order valence-corrected chi connectivity index (χ2v) is 12.3. The lowest BCUT2D eigenvalue weighted by molar-refractivity contribution is -0.140. The van der Waals surface area contributed by atoms with Gasteiger partial charge < -0.3 is 15.0 Å². The first-order chi connectivity index (χ1) is 18.3. The summed E-state index contributed by atoms with van der Waals surface area (Å²) in [5.74, 6) is -0.519. The number of rotatable bonds is 10. The summed E-state index contributed by atoms with van der Waals surface area (Å²) in [7, 11) is -2.69. The van der Waals surface area contributed by atoms with E-state index in [-0.39, 0.29) is 23.0 Å². The van der Waals surface area contributed by atoms with E-state index in [0.29, 0.717) is 16.3 Å². The number of nitrogens with zero attached hydrogens (tertiary/aromatic N) is 2. The Labute approximate surface area is 235 Å². The summed E-state index contributed by atoms with van der Waals surface area (Å²) in [6, 6.07) is 20.4. The topological polar surface area (TPSA) is 96.0 Å². The maximum absolute atomic E-state index is 14.0. The van der Waals surface area contributed by atoms with E-state index >= 15 is 0 Å². The Balaban J connectivity index is 2.06. The van der Waals surface area contributed by atoms with Crippen LogP contribution in [-0.2, 0) is 26.2 Å². The molecule has 0 saturated carbocycles. The molecule has 0 aromatic heterocycles. The maximum Gasteiger partial charge on any atom is 0.264 e. The fourth-order valence-corrected chi connectivity index (χ4v) is 5.50. The smallest absolute Gasteiger partial charge is 0.264 e. The van der Waals surface area contributed by atoms with Gasteiger partial charge in [0.15, 0.2) is 0 Å². The standard InChI is InChI=1S/C29H34ClN3O5S/c1-21(28(35)31-29(2,3)4)32(19-22-12-9-10-17-26(22)30)27(34)20-33(23-13-11-14-24(18-23)38-5)39(36,37)25-15-7-6-8-16-25/h6-18,21H,19-20H2,1-5H3,(H,31,35). The van der Waals surface area contributed by atoms with Crippen LogP contribution in [0.2, 0.25) is 5.02 Å². The summed E-state index contributed by atoms with van der Waals surface area (Å²) in [5.41, 5.74) is 0.339. The number of amides is 2. The van der Waals surface area contributed by atoms with Gasteiger partial charge in [0.25, 0.3) is 10.0 Å². The van der Waals surface area contributed by atoms with Crippen LogP contribution in [0, 0.1) is 0 Å². The van der Waals surface area contributed by atoms with Gasteiger partial charge in [-0.25, -0.2) is 8.42 Å². The largest absolute Gasteiger partial charge is 0.497 e. The molecule has 0 bridgehead atoms. The number of carbonyl (C=O) groups is 2. The third-order valence-electron chi connectivity index (χ3n) is 5.92. The van der Waals surface area contributed by atoms with Crippen molar-refractivity contribution in [2.45, 2.75) is 50.7 Å². The van der Waals surface area contributed by atoms with Gasteiger partial charge in [-0.05, 0) is 63.6 Å². The van der Waals surface area contributed by atoms with Crippen LogP contribution >= 0.6 is 11.6 Å². The number of hydrogen-bond acceptors (Lipinski definition) is 5. The molecular weight excluding hydrogens is 538 g/mol. The number of anilines is 1. The Hall–Kier alpha value is -3.56. The van der Waals surface area contributed by atoms with Gasteiger partial charge in [-0.2, -0.15) is 0 Å². The lowest BCUT2D eigenvalue weighted by Gasteiger charge is -2.33. The zero-order chi connectivity index (χ0) is 28.8. The molecule has 10 heteroatoms. The van der Waals surface area contributed by atoms with Crippen molar-refractivity contribution >= 4 is 39.1 Å². The number of benzene rings is 3. The van der Waals surface area contributed by atoms with Gasteiger partial charge in [0, 0.05) is 23.2 Å². The number of ether oxygens (including phenoxy) is 1. The zero-order valence-corrected chi connectivity index (χ0v) is 24.3. The van der Waals surface area contributed by atoms with Crippen molar-refractivity contribution < 1.29 is 22.7 Å². The summed E-state index contributed by atoms with van der Waals surface area (Å²) in [4.78, 5) is 28.5. The highest BCUT2D eigenvalue weighted by Crippen LogP contribution is 2.28. The molecule has 208 valence electrons. The Kier molecular flexibility index (Phi) is 9.63. The second-order valence-electron chi connectivity index (χ2n) is 10.1. The summed E-state index contributed by atoms with van der Waals surface area (Å²) < 4.78 is 33.9. The fraction of sp³-hybridized carbons (Fsp3) is 0.310. The van der Waals surface area contributed by atoms with Crippen LogP contribution in [0.3, 0.4) is 0 Å². The summed E-state index contributed by atoms with van der Waals surface area (Å²) in [6.45, 7) is 6.59. The van der Waals surface area contributed by atoms with Gasteiger partial charge in [0.1, 0.15) is 18.3 Å². The molecule has 0 aliphatic rings. The van der Waals surface area contributed by atoms with Crippen LogP contribution in [0.4, 0.5) is 5.69 Å². The molecule has 3 rings (SSSR count). The van der Waals surface area contributed by atoms with E-state index in [1.165, 1.54) is 24.1 Å². The molecule has 0 saturated heterocycles. The zero-order valence-electron chi connectivity index (χ0n) is 22.7. The van der Waals surface area contributed by atoms with Gasteiger partial charge in [-0.1, -0.05) is 54.1 Å². The Morgan fingerprint density at radius 3 is 2.23 bits per heavy atom. The molecule has 0 heterocycles. The first-order valence-corrected chi connectivity index (χ1v) is 14.2. The molecule has 1 unspecified atom stereocenters. The summed E-state index contributed by atoms with van der Waals surface area (Å²) >= 11 is 6.39. The van der Waals surface area contributed by atoms with Crippen LogP contribution in [0.1, 0.15) is 33.3 Å². The van der Waals surface area contributed by atoms with Crippen molar-refractivity contribution in [1.29, 1.82) is 0 Å². The minimum atomic E-state index is -4.16. The Bertz CT molecular complexity index is 1410. The predicted molar refractivity (Wildman–Crippen MR) is 153 cm³/mol. The molecule has 0 radical (unpaired) electrons. The van der Waals surface area contributed by atoms with E-state index in [4.69, 9.17) is 16.3 Å². The minimum absolute atomic E-state index is 0.00850. The molecule has 1 atom stereocenters. The highest BCUT2D eigenvalue weighted by molar-refractivity contribution is 7.92. The molecule has 3 aromatic carbocycles. The van der Waals surface area contributed by atoms with E-state index in [1.807, 2.05) is 20.8 Å². The van der Waals surface area contributed by atoms with E-state index in [9.17, 15) is 18.0 Å². The number of sulfonamides is 1. The molecule has 0 aliphatic heterocycles. The molecule has 0 spiro atoms. The highest BCUT2D eigenvalue weighted by atomic mass is 35.5. The number of methoxy groups -OCH3 is 1. The molecule has 0 fully saturated rings. The van der Waals surface area contributed by atoms with Gasteiger partial charge >= 0.3 is 0 Å². The Morgan fingerprint density at radius 2 is 1.62 bits per heavy atom. The molecule has 39 heavy (non-hydrogen) atoms. The number of hydrogen-bond donors (Lipinski definition) is 1. The van der Waals surface area contributed by atoms with Crippen LogP contribution < -0.4 is 14.4 Å². The van der Waals surface area contributed by atoms with Crippen LogP contribution in [0.5, 0.6) is 5.75 Å². The molecule has 0 aliphatic carbocycles. The predicted octanol–water partition coefficient (Wildman–Crippen LogP) is 4.88. The number of halogens is 1. The quantitative estimate of drug-likeness (QED) is 0.374. The van der Waals surface area contributed by atoms with E-state index in [2.05, 4.69) is 5.32 Å². The first-order valence-electron chi connectivity index (χ1n) is 12.4. The van der Waals surface area contributed by atoms with Gasteiger partial charge in [-0.3, -0.25) is 13.9 Å². The van der Waals surface area contributed by atoms with E-state index in [0.717, 1.165) is 4.31 Å². The summed E-state index contributed by atoms with van der Waals surface area (Å²) in [6.07, 6.45) is 0. The van der Waals surface area contributed by atoms with Crippen molar-refractivity contribution in [2.24, 2.45) is 0 Å². The minimum Gasteiger partial charge on any atom is -0.497 e. The van der Waals surface area contributed by atoms with Crippen molar-refractivity contribution in [3.63, 3.8) is 0 Å². The molecule has 2 amide bonds. The third-order valence-corrected chi connectivity index (χ3v) is 8.07. The fourth-order valence-electron chi connectivity index (χ4n) is 3.88. The first kappa shape index (κ1) is 30.0. The lowest BCUT2D eigenvalue weighted by Crippen LogP contribution is -2.54. The van der Waals surface area contributed by atoms with E-state index in [1.54, 1.807) is 73.7 Å². The molecule has 3 aromatic rings. The van der Waals surface area contributed by atoms with Crippen molar-refractivity contribution in [3.8, 4) is 5.75 Å². The number of nitrogens with one attached hydrogen (secondary N) is 1. The maximum atomic E-state index is 14.0. The van der Waals surface area contributed by atoms with Crippen molar-refractivity contribution in [2.75, 3.05) is 18.0 Å². The van der Waals surface area contributed by atoms with Gasteiger partial charge in [0.05, 0.1) is 17.7 Å². The average molecular weight is 572 g/mol. The monoisotopic (exact) mass is 571 g/mol. The highest BCUT2D eigenvalue weighted by Gasteiger charge is 2.33. The van der Waals surface area contributed by atoms with Gasteiger partial charge in [0.2, 0.25) is 11.8 Å². The molecule has 1 N–H and O–H groups in total. The van der Waals surface area contributed by atoms with E-state index < -0.39 is 34.1 Å². The molecular formula is C29H34ClN3O5S. The lowest BCUT2D eigenvalue weighted by atomic mass is 10.1. The van der Waals surface area contributed by atoms with Gasteiger partial charge in [-0.15, -0.1) is 0 Å². The normalized spacial score (nSPS) is 12.4. The van der Waals surface area contributed by atoms with Crippen molar-refractivity contribution in [1.82, 2.24) is 10.2 Å². The van der Waals surface area contributed by atoms with Crippen LogP contribution in [-0.4, -0.2) is 50.4 Å².